The normalized spacial score (nSPS) is 10.2. The van der Waals surface area contributed by atoms with Gasteiger partial charge >= 0.3 is 5.97 Å². The Labute approximate surface area is 153 Å². The summed E-state index contributed by atoms with van der Waals surface area (Å²) >= 11 is 11.6. The molecule has 0 heterocycles. The van der Waals surface area contributed by atoms with E-state index >= 15 is 0 Å². The maximum absolute atomic E-state index is 13.5. The molecule has 1 N–H and O–H groups in total. The number of methoxy groups -OCH3 is 1. The number of halogens is 3. The average Bonchev–Trinajstić information content (AvgIpc) is 2.56. The molecule has 0 saturated carbocycles. The summed E-state index contributed by atoms with van der Waals surface area (Å²) in [7, 11) is 1.46. The van der Waals surface area contributed by atoms with E-state index in [1.807, 2.05) is 0 Å². The molecule has 25 heavy (non-hydrogen) atoms. The lowest BCUT2D eigenvalue weighted by Gasteiger charge is -2.10. The highest BCUT2D eigenvalue weighted by Gasteiger charge is 2.14. The van der Waals surface area contributed by atoms with Gasteiger partial charge in [-0.3, -0.25) is 9.59 Å². The lowest BCUT2D eigenvalue weighted by Crippen LogP contribution is -2.22. The minimum absolute atomic E-state index is 0.0925. The van der Waals surface area contributed by atoms with Crippen LogP contribution in [0.2, 0.25) is 10.0 Å². The fourth-order valence-corrected chi connectivity index (χ4v) is 2.38. The van der Waals surface area contributed by atoms with Crippen LogP contribution in [-0.4, -0.2) is 25.6 Å². The Bertz CT molecular complexity index is 798. The van der Waals surface area contributed by atoms with Gasteiger partial charge in [-0.15, -0.1) is 0 Å². The van der Waals surface area contributed by atoms with E-state index in [4.69, 9.17) is 32.7 Å². The SMILES string of the molecule is COc1ccc(Cl)cc1CC(=O)OCC(=O)Nc1cc(Cl)ccc1F. The van der Waals surface area contributed by atoms with Crippen molar-refractivity contribution in [1.29, 1.82) is 0 Å². The molecule has 1 amide bonds. The van der Waals surface area contributed by atoms with Crippen molar-refractivity contribution in [2.24, 2.45) is 0 Å². The molecule has 0 aliphatic rings. The summed E-state index contributed by atoms with van der Waals surface area (Å²) in [4.78, 5) is 23.6. The van der Waals surface area contributed by atoms with Gasteiger partial charge in [-0.1, -0.05) is 23.2 Å². The van der Waals surface area contributed by atoms with Crippen LogP contribution >= 0.6 is 23.2 Å². The van der Waals surface area contributed by atoms with E-state index < -0.39 is 24.3 Å². The van der Waals surface area contributed by atoms with E-state index in [2.05, 4.69) is 5.32 Å². The maximum Gasteiger partial charge on any atom is 0.310 e. The van der Waals surface area contributed by atoms with Crippen LogP contribution in [0, 0.1) is 5.82 Å². The molecule has 132 valence electrons. The molecule has 0 aliphatic heterocycles. The summed E-state index contributed by atoms with van der Waals surface area (Å²) in [6.07, 6.45) is -0.122. The molecule has 0 aromatic heterocycles. The fraction of sp³-hybridized carbons (Fsp3) is 0.176. The van der Waals surface area contributed by atoms with E-state index in [1.54, 1.807) is 18.2 Å². The standard InChI is InChI=1S/C17H14Cl2FNO4/c1-24-15-5-3-11(18)6-10(15)7-17(23)25-9-16(22)21-14-8-12(19)2-4-13(14)20/h2-6,8H,7,9H2,1H3,(H,21,22). The number of carbonyl (C=O) groups excluding carboxylic acids is 2. The Hall–Kier alpha value is -2.31. The molecule has 0 fully saturated rings. The number of nitrogens with one attached hydrogen (secondary N) is 1. The number of ether oxygens (including phenoxy) is 2. The van der Waals surface area contributed by atoms with Gasteiger partial charge in [-0.25, -0.2) is 4.39 Å². The zero-order chi connectivity index (χ0) is 18.4. The highest BCUT2D eigenvalue weighted by Crippen LogP contribution is 2.23. The summed E-state index contributed by atoms with van der Waals surface area (Å²) < 4.78 is 23.5. The number of hydrogen-bond donors (Lipinski definition) is 1. The average molecular weight is 386 g/mol. The highest BCUT2D eigenvalue weighted by atomic mass is 35.5. The molecule has 2 rings (SSSR count). The molecule has 0 radical (unpaired) electrons. The summed E-state index contributed by atoms with van der Waals surface area (Å²) in [5.41, 5.74) is 0.436. The monoisotopic (exact) mass is 385 g/mol. The second-order valence-electron chi connectivity index (χ2n) is 4.97. The van der Waals surface area contributed by atoms with Gasteiger partial charge in [0.25, 0.3) is 5.91 Å². The molecule has 0 saturated heterocycles. The second kappa shape index (κ2) is 8.69. The van der Waals surface area contributed by atoms with Crippen LogP contribution in [-0.2, 0) is 20.7 Å². The zero-order valence-electron chi connectivity index (χ0n) is 13.1. The first kappa shape index (κ1) is 19.0. The van der Waals surface area contributed by atoms with Crippen LogP contribution in [0.1, 0.15) is 5.56 Å². The predicted octanol–water partition coefficient (Wildman–Crippen LogP) is 3.87. The molecule has 5 nitrogen and oxygen atoms in total. The molecule has 2 aromatic carbocycles. The molecule has 0 bridgehead atoms. The number of benzene rings is 2. The predicted molar refractivity (Wildman–Crippen MR) is 92.7 cm³/mol. The Balaban J connectivity index is 1.90. The molecular weight excluding hydrogens is 372 g/mol. The van der Waals surface area contributed by atoms with Crippen LogP contribution in [0.5, 0.6) is 5.75 Å². The quantitative estimate of drug-likeness (QED) is 0.766. The van der Waals surface area contributed by atoms with Crippen molar-refractivity contribution < 1.29 is 23.5 Å². The summed E-state index contributed by atoms with van der Waals surface area (Å²) in [5.74, 6) is -1.51. The smallest absolute Gasteiger partial charge is 0.310 e. The first-order chi connectivity index (χ1) is 11.9. The Morgan fingerprint density at radius 2 is 1.80 bits per heavy atom. The van der Waals surface area contributed by atoms with Gasteiger partial charge in [0.1, 0.15) is 11.6 Å². The molecule has 0 aliphatic carbocycles. The van der Waals surface area contributed by atoms with E-state index in [9.17, 15) is 14.0 Å². The van der Waals surface area contributed by atoms with E-state index in [0.717, 1.165) is 6.07 Å². The number of hydrogen-bond acceptors (Lipinski definition) is 4. The van der Waals surface area contributed by atoms with Gasteiger partial charge in [-0.05, 0) is 36.4 Å². The number of amides is 1. The number of anilines is 1. The molecular formula is C17H14Cl2FNO4. The molecule has 8 heteroatoms. The van der Waals surface area contributed by atoms with Crippen LogP contribution < -0.4 is 10.1 Å². The van der Waals surface area contributed by atoms with Crippen molar-refractivity contribution in [1.82, 2.24) is 0 Å². The van der Waals surface area contributed by atoms with Gasteiger partial charge in [0.15, 0.2) is 6.61 Å². The first-order valence-electron chi connectivity index (χ1n) is 7.12. The van der Waals surface area contributed by atoms with Gasteiger partial charge in [0.2, 0.25) is 0 Å². The van der Waals surface area contributed by atoms with Crippen molar-refractivity contribution in [3.8, 4) is 5.75 Å². The zero-order valence-corrected chi connectivity index (χ0v) is 14.7. The molecule has 0 atom stereocenters. The van der Waals surface area contributed by atoms with Crippen LogP contribution in [0.4, 0.5) is 10.1 Å². The van der Waals surface area contributed by atoms with Crippen molar-refractivity contribution >= 4 is 40.8 Å². The van der Waals surface area contributed by atoms with Gasteiger partial charge in [0.05, 0.1) is 19.2 Å². The van der Waals surface area contributed by atoms with Crippen molar-refractivity contribution in [3.05, 3.63) is 57.8 Å². The maximum atomic E-state index is 13.5. The molecule has 2 aromatic rings. The third-order valence-corrected chi connectivity index (χ3v) is 3.61. The third-order valence-electron chi connectivity index (χ3n) is 3.14. The minimum Gasteiger partial charge on any atom is -0.496 e. The Morgan fingerprint density at radius 1 is 1.12 bits per heavy atom. The summed E-state index contributed by atoms with van der Waals surface area (Å²) in [5, 5.41) is 2.99. The number of carbonyl (C=O) groups is 2. The summed E-state index contributed by atoms with van der Waals surface area (Å²) in [6, 6.07) is 8.55. The van der Waals surface area contributed by atoms with Gasteiger partial charge in [-0.2, -0.15) is 0 Å². The lowest BCUT2D eigenvalue weighted by molar-refractivity contribution is -0.146. The van der Waals surface area contributed by atoms with Gasteiger partial charge in [0, 0.05) is 15.6 Å². The largest absolute Gasteiger partial charge is 0.496 e. The van der Waals surface area contributed by atoms with Gasteiger partial charge < -0.3 is 14.8 Å². The second-order valence-corrected chi connectivity index (χ2v) is 5.84. The van der Waals surface area contributed by atoms with Crippen LogP contribution in [0.3, 0.4) is 0 Å². The van der Waals surface area contributed by atoms with Crippen molar-refractivity contribution in [2.45, 2.75) is 6.42 Å². The van der Waals surface area contributed by atoms with E-state index in [-0.39, 0.29) is 17.1 Å². The molecule has 0 unspecified atom stereocenters. The number of rotatable bonds is 6. The topological polar surface area (TPSA) is 64.6 Å². The summed E-state index contributed by atoms with van der Waals surface area (Å²) in [6.45, 7) is -0.562. The van der Waals surface area contributed by atoms with E-state index in [1.165, 1.54) is 19.2 Å². The fourth-order valence-electron chi connectivity index (χ4n) is 2.02. The lowest BCUT2D eigenvalue weighted by atomic mass is 10.1. The number of esters is 1. The Kier molecular flexibility index (Phi) is 6.61. The van der Waals surface area contributed by atoms with Crippen molar-refractivity contribution in [3.63, 3.8) is 0 Å². The Morgan fingerprint density at radius 3 is 2.52 bits per heavy atom. The van der Waals surface area contributed by atoms with Crippen LogP contribution in [0.25, 0.3) is 0 Å². The van der Waals surface area contributed by atoms with Crippen molar-refractivity contribution in [2.75, 3.05) is 19.0 Å². The van der Waals surface area contributed by atoms with Crippen LogP contribution in [0.15, 0.2) is 36.4 Å². The molecule has 0 spiro atoms. The highest BCUT2D eigenvalue weighted by molar-refractivity contribution is 6.31. The first-order valence-corrected chi connectivity index (χ1v) is 7.87. The minimum atomic E-state index is -0.687. The van der Waals surface area contributed by atoms with E-state index in [0.29, 0.717) is 16.3 Å². The third kappa shape index (κ3) is 5.62.